The first-order valence-corrected chi connectivity index (χ1v) is 12.2. The summed E-state index contributed by atoms with van der Waals surface area (Å²) in [4.78, 5) is 67.0. The Bertz CT molecular complexity index is 548. The van der Waals surface area contributed by atoms with Crippen LogP contribution in [0.4, 0.5) is 0 Å². The number of hydrogen-bond donors (Lipinski definition) is 7. The first-order chi connectivity index (χ1) is 17.9. The second kappa shape index (κ2) is 31.3. The minimum Gasteiger partial charge on any atom is -0.383 e. The Morgan fingerprint density at radius 1 is 0.273 bits per heavy atom. The van der Waals surface area contributed by atoms with Crippen molar-refractivity contribution in [3.63, 3.8) is 0 Å². The molecule has 0 aliphatic rings. The van der Waals surface area contributed by atoms with E-state index in [2.05, 4.69) is 0 Å². The van der Waals surface area contributed by atoms with Crippen molar-refractivity contribution in [2.24, 2.45) is 0 Å². The Morgan fingerprint density at radius 3 is 0.295 bits per heavy atom. The van der Waals surface area contributed by atoms with Gasteiger partial charge in [0.2, 0.25) is 0 Å². The predicted octanol–water partition coefficient (Wildman–Crippen LogP) is -0.309. The van der Waals surface area contributed by atoms with Crippen LogP contribution in [0.2, 0.25) is 0 Å². The van der Waals surface area contributed by atoms with Gasteiger partial charge in [0, 0.05) is 71.1 Å². The van der Waals surface area contributed by atoms with Gasteiger partial charge in [-0.1, -0.05) is 0 Å². The zero-order chi connectivity index (χ0) is 36.4. The van der Waals surface area contributed by atoms with Gasteiger partial charge in [-0.3, -0.25) is 0 Å². The number of aldehydes is 7. The van der Waals surface area contributed by atoms with Crippen LogP contribution >= 0.6 is 0 Å². The molecule has 0 fully saturated rings. The van der Waals surface area contributed by atoms with Gasteiger partial charge in [-0.05, 0) is 96.9 Å². The van der Waals surface area contributed by atoms with Gasteiger partial charge in [0.15, 0.2) is 44.0 Å². The maximum atomic E-state index is 9.58. The predicted molar refractivity (Wildman–Crippen MR) is 157 cm³/mol. The van der Waals surface area contributed by atoms with Gasteiger partial charge in [0.25, 0.3) is 0 Å². The zero-order valence-corrected chi connectivity index (χ0v) is 32.4. The van der Waals surface area contributed by atoms with Gasteiger partial charge < -0.3 is 69.3 Å². The molecule has 0 amide bonds. The van der Waals surface area contributed by atoms with E-state index < -0.39 is 39.2 Å². The Balaban J connectivity index is -0.0000000461. The molecule has 0 aliphatic heterocycles. The van der Waals surface area contributed by atoms with Gasteiger partial charge in [-0.25, -0.2) is 0 Å². The van der Waals surface area contributed by atoms with Crippen LogP contribution in [-0.4, -0.2) is 119 Å². The average molecular weight is 817 g/mol. The van der Waals surface area contributed by atoms with E-state index in [-0.39, 0.29) is 71.1 Å². The molecule has 14 nitrogen and oxygen atoms in total. The summed E-state index contributed by atoms with van der Waals surface area (Å²) < 4.78 is 0. The summed E-state index contributed by atoms with van der Waals surface area (Å²) >= 11 is 0. The van der Waals surface area contributed by atoms with Gasteiger partial charge in [0.05, 0.1) is 0 Å². The van der Waals surface area contributed by atoms with E-state index in [0.29, 0.717) is 44.0 Å². The molecule has 16 heteroatoms. The van der Waals surface area contributed by atoms with Crippen LogP contribution in [0.25, 0.3) is 0 Å². The number of carbonyl (C=O) groups excluding carboxylic acids is 7. The Morgan fingerprint density at radius 2 is 0.295 bits per heavy atom. The third kappa shape index (κ3) is 161. The topological polar surface area (TPSA) is 261 Å². The molecular weight excluding hydrogens is 760 g/mol. The van der Waals surface area contributed by atoms with Crippen molar-refractivity contribution in [3.05, 3.63) is 0 Å². The van der Waals surface area contributed by atoms with Crippen molar-refractivity contribution in [1.29, 1.82) is 0 Å². The van der Waals surface area contributed by atoms with Crippen LogP contribution in [0.1, 0.15) is 96.9 Å². The Kier molecular flexibility index (Phi) is 47.1. The van der Waals surface area contributed by atoms with Gasteiger partial charge in [0.1, 0.15) is 39.2 Å². The third-order valence-corrected chi connectivity index (χ3v) is 2.02. The molecule has 44 heavy (non-hydrogen) atoms. The molecule has 0 heterocycles. The van der Waals surface area contributed by atoms with Crippen LogP contribution in [-0.2, 0) is 55.3 Å². The summed E-state index contributed by atoms with van der Waals surface area (Å²) in [6.45, 7) is 20.0. The Hall–Kier alpha value is -0.291. The summed E-state index contributed by atoms with van der Waals surface area (Å²) in [5, 5.41) is 59.2. The van der Waals surface area contributed by atoms with Crippen molar-refractivity contribution < 1.29 is 140 Å². The molecule has 0 aromatic carbocycles. The zero-order valence-electron chi connectivity index (χ0n) is 28.4. The number of rotatable bonds is 7. The van der Waals surface area contributed by atoms with Crippen molar-refractivity contribution in [2.45, 2.75) is 136 Å². The molecule has 0 bridgehead atoms. The third-order valence-electron chi connectivity index (χ3n) is 2.02. The molecular formula is C28H56EuO14Ti. The fraction of sp³-hybridized carbons (Fsp3) is 0.750. The molecule has 0 aliphatic carbocycles. The molecule has 1 radical (unpaired) electrons. The number of aliphatic hydroxyl groups is 7. The minimum absolute atomic E-state index is 0. The van der Waals surface area contributed by atoms with Crippen molar-refractivity contribution in [2.75, 3.05) is 0 Å². The van der Waals surface area contributed by atoms with E-state index in [1.165, 1.54) is 96.9 Å². The Labute approximate surface area is 317 Å². The summed E-state index contributed by atoms with van der Waals surface area (Å²) in [7, 11) is 0. The van der Waals surface area contributed by atoms with Crippen LogP contribution in [0.15, 0.2) is 0 Å². The quantitative estimate of drug-likeness (QED) is 0.129. The van der Waals surface area contributed by atoms with Crippen LogP contribution in [0.5, 0.6) is 0 Å². The minimum atomic E-state index is -1.14. The first kappa shape index (κ1) is 66.2. The van der Waals surface area contributed by atoms with Crippen molar-refractivity contribution in [1.82, 2.24) is 0 Å². The first-order valence-electron chi connectivity index (χ1n) is 12.2. The van der Waals surface area contributed by atoms with E-state index >= 15 is 0 Å². The van der Waals surface area contributed by atoms with E-state index in [9.17, 15) is 33.6 Å². The summed E-state index contributed by atoms with van der Waals surface area (Å²) in [5.74, 6) is 0. The molecule has 0 unspecified atom stereocenters. The van der Waals surface area contributed by atoms with Crippen LogP contribution < -0.4 is 0 Å². The van der Waals surface area contributed by atoms with Gasteiger partial charge >= 0.3 is 0 Å². The second-order valence-electron chi connectivity index (χ2n) is 12.4. The van der Waals surface area contributed by atoms with E-state index in [0.717, 1.165) is 0 Å². The largest absolute Gasteiger partial charge is 0.383 e. The molecule has 0 aromatic heterocycles. The van der Waals surface area contributed by atoms with E-state index in [4.69, 9.17) is 35.7 Å². The van der Waals surface area contributed by atoms with Gasteiger partial charge in [-0.2, -0.15) is 0 Å². The molecule has 0 spiro atoms. The number of hydrogen-bond acceptors (Lipinski definition) is 14. The molecule has 0 atom stereocenters. The molecule has 0 rings (SSSR count). The molecule has 263 valence electrons. The fourth-order valence-corrected chi connectivity index (χ4v) is 0. The van der Waals surface area contributed by atoms with Crippen molar-refractivity contribution in [3.8, 4) is 0 Å². The number of carbonyl (C=O) groups is 7. The van der Waals surface area contributed by atoms with Gasteiger partial charge in [-0.15, -0.1) is 0 Å². The monoisotopic (exact) mass is 817 g/mol. The standard InChI is InChI=1S/7C4H8O2.Eu.Ti/c7*1-4(2,6)3-5;;/h7*3,6H,1-2H3;;. The maximum absolute atomic E-state index is 9.58. The second-order valence-corrected chi connectivity index (χ2v) is 12.4. The van der Waals surface area contributed by atoms with E-state index in [1.807, 2.05) is 0 Å². The average Bonchev–Trinajstić information content (AvgIpc) is 2.78. The fourth-order valence-electron chi connectivity index (χ4n) is 0. The smallest absolute Gasteiger partial charge is 0.150 e. The van der Waals surface area contributed by atoms with Crippen LogP contribution in [0.3, 0.4) is 0 Å². The summed E-state index contributed by atoms with van der Waals surface area (Å²) in [6, 6.07) is 0. The molecule has 7 N–H and O–H groups in total. The normalized spacial score (nSPS) is 10.7. The van der Waals surface area contributed by atoms with E-state index in [1.54, 1.807) is 0 Å². The molecule has 0 aromatic rings. The SMILES string of the molecule is CC(C)(O)C=O.CC(C)(O)C=O.CC(C)(O)C=O.CC(C)(O)C=O.CC(C)(O)C=O.CC(C)(O)C=O.CC(C)(O)C=O.[Eu].[Ti]. The summed E-state index contributed by atoms with van der Waals surface area (Å²) in [5.41, 5.74) is -7.97. The maximum Gasteiger partial charge on any atom is 0.150 e. The molecule has 0 saturated heterocycles. The van der Waals surface area contributed by atoms with Crippen molar-refractivity contribution >= 4 is 44.0 Å². The summed E-state index contributed by atoms with van der Waals surface area (Å²) in [6.07, 6.45) is 3.45. The molecule has 0 saturated carbocycles. The van der Waals surface area contributed by atoms with Crippen LogP contribution in [0, 0.1) is 49.4 Å².